The predicted octanol–water partition coefficient (Wildman–Crippen LogP) is 1.02. The van der Waals surface area contributed by atoms with Crippen LogP contribution in [0, 0.1) is 6.92 Å². The number of hydrogen-bond acceptors (Lipinski definition) is 6. The molecule has 0 aromatic carbocycles. The van der Waals surface area contributed by atoms with E-state index in [1.165, 1.54) is 10.8 Å². The van der Waals surface area contributed by atoms with Gasteiger partial charge in [0.2, 0.25) is 0 Å². The van der Waals surface area contributed by atoms with E-state index >= 15 is 0 Å². The molecule has 1 aromatic rings. The van der Waals surface area contributed by atoms with Crippen molar-refractivity contribution in [2.45, 2.75) is 88.8 Å². The number of nitrogens with zero attached hydrogens (tertiary/aromatic N) is 1. The van der Waals surface area contributed by atoms with Gasteiger partial charge in [-0.2, -0.15) is 0 Å². The van der Waals surface area contributed by atoms with Gasteiger partial charge in [0.1, 0.15) is 17.8 Å². The van der Waals surface area contributed by atoms with Crippen molar-refractivity contribution in [3.63, 3.8) is 0 Å². The van der Waals surface area contributed by atoms with E-state index < -0.39 is 49.7 Å². The van der Waals surface area contributed by atoms with Gasteiger partial charge in [-0.05, 0) is 37.9 Å². The smallest absolute Gasteiger partial charge is 0.330 e. The molecule has 0 amide bonds. The molecule has 3 N–H and O–H groups in total. The van der Waals surface area contributed by atoms with Crippen LogP contribution in [0.15, 0.2) is 15.8 Å². The lowest BCUT2D eigenvalue weighted by Gasteiger charge is -2.42. The molecular weight excluding hydrogens is 368 g/mol. The number of hydrogen-bond donors (Lipinski definition) is 3. The molecule has 1 saturated heterocycles. The van der Waals surface area contributed by atoms with E-state index in [2.05, 4.69) is 38.8 Å². The fraction of sp³-hybridized carbons (Fsp3) is 0.778. The topological polar surface area (TPSA) is 114 Å². The van der Waals surface area contributed by atoms with Gasteiger partial charge in [0.05, 0.1) is 6.10 Å². The van der Waals surface area contributed by atoms with Crippen LogP contribution < -0.4 is 11.2 Å². The summed E-state index contributed by atoms with van der Waals surface area (Å²) in [5, 5.41) is 21.5. The first-order valence-corrected chi connectivity index (χ1v) is 12.2. The van der Waals surface area contributed by atoms with Crippen LogP contribution in [0.3, 0.4) is 0 Å². The molecule has 2 fully saturated rings. The number of aromatic nitrogens is 2. The molecule has 2 aliphatic rings. The van der Waals surface area contributed by atoms with Crippen LogP contribution in [-0.4, -0.2) is 52.0 Å². The summed E-state index contributed by atoms with van der Waals surface area (Å²) in [7, 11) is -2.32. The summed E-state index contributed by atoms with van der Waals surface area (Å²) < 4.78 is 13.8. The molecule has 2 heterocycles. The highest BCUT2D eigenvalue weighted by molar-refractivity contribution is 6.74. The van der Waals surface area contributed by atoms with Crippen molar-refractivity contribution in [1.29, 1.82) is 0 Å². The number of rotatable bonds is 3. The average molecular weight is 399 g/mol. The van der Waals surface area contributed by atoms with Gasteiger partial charge in [0.25, 0.3) is 5.56 Å². The van der Waals surface area contributed by atoms with Crippen molar-refractivity contribution >= 4 is 8.32 Å². The van der Waals surface area contributed by atoms with Crippen molar-refractivity contribution in [1.82, 2.24) is 9.55 Å². The summed E-state index contributed by atoms with van der Waals surface area (Å²) >= 11 is 0. The maximum absolute atomic E-state index is 12.4. The highest BCUT2D eigenvalue weighted by Gasteiger charge is 2.64. The number of nitrogens with one attached hydrogen (secondary N) is 1. The van der Waals surface area contributed by atoms with Crippen molar-refractivity contribution in [3.8, 4) is 0 Å². The van der Waals surface area contributed by atoms with Crippen molar-refractivity contribution < 1.29 is 19.4 Å². The standard InChI is InChI=1S/C18H30N2O6Si/c1-10-9-20(16(23)19-14(10)22)15-13(26-27(5,6)17(2,3)4)18(24)8-7-11(21)12(18)25-15/h9,11-13,15,21,24H,7-8H2,1-6H3,(H,19,22,23)/t11-,12-,13-,15-,18-/m1/s1. The van der Waals surface area contributed by atoms with Gasteiger partial charge in [-0.3, -0.25) is 14.3 Å². The zero-order chi connectivity index (χ0) is 20.4. The summed E-state index contributed by atoms with van der Waals surface area (Å²) in [6.45, 7) is 12.0. The first-order valence-electron chi connectivity index (χ1n) is 9.34. The summed E-state index contributed by atoms with van der Waals surface area (Å²) in [5.41, 5.74) is -2.12. The average Bonchev–Trinajstić information content (AvgIpc) is 2.97. The number of aromatic amines is 1. The number of aryl methyl sites for hydroxylation is 1. The Balaban J connectivity index is 2.08. The van der Waals surface area contributed by atoms with Gasteiger partial charge in [0, 0.05) is 11.8 Å². The third kappa shape index (κ3) is 3.25. The molecule has 5 atom stereocenters. The zero-order valence-electron chi connectivity index (χ0n) is 16.8. The largest absolute Gasteiger partial charge is 0.406 e. The Labute approximate surface area is 159 Å². The van der Waals surface area contributed by atoms with Gasteiger partial charge in [-0.1, -0.05) is 20.8 Å². The maximum atomic E-state index is 12.4. The second-order valence-corrected chi connectivity index (χ2v) is 14.1. The van der Waals surface area contributed by atoms with Crippen LogP contribution in [0.4, 0.5) is 0 Å². The Morgan fingerprint density at radius 2 is 2.00 bits per heavy atom. The van der Waals surface area contributed by atoms with E-state index in [1.807, 2.05) is 0 Å². The number of ether oxygens (including phenoxy) is 1. The van der Waals surface area contributed by atoms with Crippen LogP contribution in [0.5, 0.6) is 0 Å². The van der Waals surface area contributed by atoms with Crippen molar-refractivity contribution in [2.75, 3.05) is 0 Å². The first kappa shape index (κ1) is 20.5. The Morgan fingerprint density at radius 1 is 1.37 bits per heavy atom. The lowest BCUT2D eigenvalue weighted by Crippen LogP contribution is -2.54. The molecular formula is C18H30N2O6Si. The summed E-state index contributed by atoms with van der Waals surface area (Å²) in [5.74, 6) is 0. The number of H-pyrrole nitrogens is 1. The number of fused-ring (bicyclic) bond motifs is 1. The van der Waals surface area contributed by atoms with Crippen LogP contribution in [0.1, 0.15) is 45.4 Å². The Kier molecular flexibility index (Phi) is 4.84. The van der Waals surface area contributed by atoms with E-state index in [-0.39, 0.29) is 5.04 Å². The lowest BCUT2D eigenvalue weighted by atomic mass is 9.94. The minimum atomic E-state index is -2.32. The normalized spacial score (nSPS) is 34.1. The first-order chi connectivity index (χ1) is 12.3. The number of aliphatic hydroxyl groups is 2. The Morgan fingerprint density at radius 3 is 2.59 bits per heavy atom. The maximum Gasteiger partial charge on any atom is 0.330 e. The number of aliphatic hydroxyl groups excluding tert-OH is 1. The molecule has 27 heavy (non-hydrogen) atoms. The molecule has 3 rings (SSSR count). The van der Waals surface area contributed by atoms with Gasteiger partial charge in [-0.15, -0.1) is 0 Å². The third-order valence-electron chi connectivity index (χ3n) is 6.37. The van der Waals surface area contributed by atoms with Crippen LogP contribution >= 0.6 is 0 Å². The molecule has 1 saturated carbocycles. The van der Waals surface area contributed by atoms with Gasteiger partial charge in [0.15, 0.2) is 14.5 Å². The summed E-state index contributed by atoms with van der Waals surface area (Å²) in [6, 6.07) is 0. The zero-order valence-corrected chi connectivity index (χ0v) is 17.8. The van der Waals surface area contributed by atoms with Crippen molar-refractivity contribution in [3.05, 3.63) is 32.6 Å². The molecule has 1 aliphatic heterocycles. The van der Waals surface area contributed by atoms with Crippen LogP contribution in [0.2, 0.25) is 18.1 Å². The van der Waals surface area contributed by atoms with E-state index in [9.17, 15) is 19.8 Å². The fourth-order valence-electron chi connectivity index (χ4n) is 3.63. The van der Waals surface area contributed by atoms with Crippen molar-refractivity contribution in [2.24, 2.45) is 0 Å². The second-order valence-electron chi connectivity index (χ2n) is 9.32. The highest BCUT2D eigenvalue weighted by Crippen LogP contribution is 2.50. The van der Waals surface area contributed by atoms with Gasteiger partial charge >= 0.3 is 5.69 Å². The lowest BCUT2D eigenvalue weighted by molar-refractivity contribution is -0.0858. The summed E-state index contributed by atoms with van der Waals surface area (Å²) in [6.07, 6.45) is -1.25. The third-order valence-corrected chi connectivity index (χ3v) is 10.8. The predicted molar refractivity (Wildman–Crippen MR) is 102 cm³/mol. The molecule has 0 radical (unpaired) electrons. The van der Waals surface area contributed by atoms with E-state index in [1.54, 1.807) is 6.92 Å². The highest BCUT2D eigenvalue weighted by atomic mass is 28.4. The molecule has 9 heteroatoms. The molecule has 0 spiro atoms. The molecule has 0 bridgehead atoms. The van der Waals surface area contributed by atoms with Crippen LogP contribution in [0.25, 0.3) is 0 Å². The van der Waals surface area contributed by atoms with E-state index in [4.69, 9.17) is 9.16 Å². The van der Waals surface area contributed by atoms with Crippen LogP contribution in [-0.2, 0) is 9.16 Å². The summed E-state index contributed by atoms with van der Waals surface area (Å²) in [4.78, 5) is 26.4. The molecule has 0 unspecified atom stereocenters. The van der Waals surface area contributed by atoms with Gasteiger partial charge in [-0.25, -0.2) is 4.79 Å². The Hall–Kier alpha value is -1.26. The van der Waals surface area contributed by atoms with E-state index in [0.717, 1.165) is 0 Å². The SMILES string of the molecule is Cc1cn([C@@H]2O[C@@H]3[C@H](O)CC[C@]3(O)[C@@H]2O[Si](C)(C)C(C)(C)C)c(=O)[nH]c1=O. The molecule has 1 aromatic heterocycles. The fourth-order valence-corrected chi connectivity index (χ4v) is 4.94. The quantitative estimate of drug-likeness (QED) is 0.655. The van der Waals surface area contributed by atoms with Gasteiger partial charge < -0.3 is 19.4 Å². The monoisotopic (exact) mass is 398 g/mol. The minimum Gasteiger partial charge on any atom is -0.406 e. The molecule has 8 nitrogen and oxygen atoms in total. The molecule has 1 aliphatic carbocycles. The minimum absolute atomic E-state index is 0.116. The molecule has 152 valence electrons. The Bertz CT molecular complexity index is 841. The second kappa shape index (κ2) is 6.38. The van der Waals surface area contributed by atoms with E-state index in [0.29, 0.717) is 18.4 Å².